The van der Waals surface area contributed by atoms with E-state index >= 15 is 0 Å². The van der Waals surface area contributed by atoms with Gasteiger partial charge in [0.05, 0.1) is 10.6 Å². The van der Waals surface area contributed by atoms with E-state index in [0.29, 0.717) is 0 Å². The van der Waals surface area contributed by atoms with Crippen molar-refractivity contribution >= 4 is 17.2 Å². The number of non-ortho nitro benzene ring substituents is 1. The van der Waals surface area contributed by atoms with Crippen molar-refractivity contribution in [3.8, 4) is 22.6 Å². The predicted octanol–water partition coefficient (Wildman–Crippen LogP) is 5.73. The molecule has 1 aromatic heterocycles. The molecular formula is C23H20N4O2. The fourth-order valence-corrected chi connectivity index (χ4v) is 3.18. The topological polar surface area (TPSA) is 75.1 Å². The molecule has 0 bridgehead atoms. The van der Waals surface area contributed by atoms with E-state index in [2.05, 4.69) is 4.98 Å². The van der Waals surface area contributed by atoms with Gasteiger partial charge in [-0.2, -0.15) is 0 Å². The highest BCUT2D eigenvalue weighted by atomic mass is 16.6. The van der Waals surface area contributed by atoms with Gasteiger partial charge in [0, 0.05) is 36.0 Å². The van der Waals surface area contributed by atoms with Crippen LogP contribution in [0.25, 0.3) is 22.6 Å². The fraction of sp³-hybridized carbons (Fsp3) is 0.0870. The number of para-hydroxylation sites is 1. The van der Waals surface area contributed by atoms with Crippen LogP contribution in [0.4, 0.5) is 17.2 Å². The minimum Gasteiger partial charge on any atom is -0.336 e. The van der Waals surface area contributed by atoms with Gasteiger partial charge in [-0.15, -0.1) is 0 Å². The smallest absolute Gasteiger partial charge is 0.269 e. The Kier molecular flexibility index (Phi) is 4.83. The third-order valence-corrected chi connectivity index (χ3v) is 4.84. The highest BCUT2D eigenvalue weighted by Gasteiger charge is 2.18. The highest BCUT2D eigenvalue weighted by Crippen LogP contribution is 2.35. The van der Waals surface area contributed by atoms with Gasteiger partial charge in [-0.1, -0.05) is 48.0 Å². The Balaban J connectivity index is 1.83. The molecule has 0 amide bonds. The first kappa shape index (κ1) is 18.4. The summed E-state index contributed by atoms with van der Waals surface area (Å²) in [6, 6.07) is 24.6. The standard InChI is InChI=1S/C23H20N4O2/c1-16-8-10-18(11-9-16)22-24-21(17-12-14-20(15-13-17)27(28)29)23(25-22)26(2)19-6-4-3-5-7-19/h3-15H,1-2H3,(H,24,25). The van der Waals surface area contributed by atoms with Crippen LogP contribution < -0.4 is 4.90 Å². The minimum atomic E-state index is -0.397. The molecule has 0 spiro atoms. The van der Waals surface area contributed by atoms with Gasteiger partial charge in [-0.05, 0) is 31.2 Å². The van der Waals surface area contributed by atoms with Crippen LogP contribution in [-0.2, 0) is 0 Å². The second-order valence-electron chi connectivity index (χ2n) is 6.85. The third-order valence-electron chi connectivity index (χ3n) is 4.84. The Morgan fingerprint density at radius 1 is 0.897 bits per heavy atom. The van der Waals surface area contributed by atoms with Crippen LogP contribution in [0.1, 0.15) is 5.56 Å². The van der Waals surface area contributed by atoms with Gasteiger partial charge in [0.15, 0.2) is 5.82 Å². The molecule has 0 aliphatic rings. The number of rotatable bonds is 5. The summed E-state index contributed by atoms with van der Waals surface area (Å²) >= 11 is 0. The molecule has 1 heterocycles. The number of benzene rings is 3. The van der Waals surface area contributed by atoms with E-state index in [4.69, 9.17) is 4.98 Å². The molecule has 6 heteroatoms. The second-order valence-corrected chi connectivity index (χ2v) is 6.85. The monoisotopic (exact) mass is 384 g/mol. The van der Waals surface area contributed by atoms with Crippen molar-refractivity contribution in [1.29, 1.82) is 0 Å². The molecule has 0 unspecified atom stereocenters. The van der Waals surface area contributed by atoms with E-state index in [9.17, 15) is 10.1 Å². The number of nitrogens with one attached hydrogen (secondary N) is 1. The average Bonchev–Trinajstić information content (AvgIpc) is 3.20. The fourth-order valence-electron chi connectivity index (χ4n) is 3.18. The van der Waals surface area contributed by atoms with Crippen LogP contribution in [0, 0.1) is 17.0 Å². The Morgan fingerprint density at radius 2 is 1.52 bits per heavy atom. The van der Waals surface area contributed by atoms with Crippen molar-refractivity contribution in [1.82, 2.24) is 9.97 Å². The van der Waals surface area contributed by atoms with Crippen LogP contribution in [0.3, 0.4) is 0 Å². The van der Waals surface area contributed by atoms with Gasteiger partial charge < -0.3 is 9.88 Å². The molecule has 0 aliphatic carbocycles. The van der Waals surface area contributed by atoms with Crippen LogP contribution in [-0.4, -0.2) is 21.9 Å². The summed E-state index contributed by atoms with van der Waals surface area (Å²) in [7, 11) is 1.96. The van der Waals surface area contributed by atoms with E-state index in [1.165, 1.54) is 17.7 Å². The number of anilines is 2. The van der Waals surface area contributed by atoms with Crippen molar-refractivity contribution < 1.29 is 4.92 Å². The Labute approximate surface area is 168 Å². The van der Waals surface area contributed by atoms with E-state index in [0.717, 1.165) is 34.2 Å². The molecular weight excluding hydrogens is 364 g/mol. The number of aromatic amines is 1. The van der Waals surface area contributed by atoms with Crippen molar-refractivity contribution in [3.05, 3.63) is 94.5 Å². The molecule has 29 heavy (non-hydrogen) atoms. The molecule has 0 saturated heterocycles. The van der Waals surface area contributed by atoms with E-state index in [-0.39, 0.29) is 5.69 Å². The van der Waals surface area contributed by atoms with Crippen LogP contribution in [0.15, 0.2) is 78.9 Å². The molecule has 0 saturated carbocycles. The summed E-state index contributed by atoms with van der Waals surface area (Å²) in [5, 5.41) is 11.0. The van der Waals surface area contributed by atoms with Gasteiger partial charge in [0.1, 0.15) is 5.82 Å². The Hall–Kier alpha value is -3.93. The third kappa shape index (κ3) is 3.73. The van der Waals surface area contributed by atoms with Crippen molar-refractivity contribution in [2.45, 2.75) is 6.92 Å². The van der Waals surface area contributed by atoms with Gasteiger partial charge in [-0.25, -0.2) is 4.98 Å². The van der Waals surface area contributed by atoms with Gasteiger partial charge >= 0.3 is 0 Å². The van der Waals surface area contributed by atoms with Crippen LogP contribution >= 0.6 is 0 Å². The first-order valence-corrected chi connectivity index (χ1v) is 9.23. The number of imidazole rings is 1. The number of aryl methyl sites for hydroxylation is 1. The van der Waals surface area contributed by atoms with E-state index in [1.807, 2.05) is 73.5 Å². The lowest BCUT2D eigenvalue weighted by Crippen LogP contribution is -2.10. The summed E-state index contributed by atoms with van der Waals surface area (Å²) < 4.78 is 0. The molecule has 3 aromatic carbocycles. The molecule has 4 rings (SSSR count). The number of H-pyrrole nitrogens is 1. The largest absolute Gasteiger partial charge is 0.336 e. The lowest BCUT2D eigenvalue weighted by atomic mass is 10.1. The maximum Gasteiger partial charge on any atom is 0.269 e. The Bertz CT molecular complexity index is 1130. The predicted molar refractivity (Wildman–Crippen MR) is 115 cm³/mol. The summed E-state index contributed by atoms with van der Waals surface area (Å²) in [6.45, 7) is 2.04. The number of aromatic nitrogens is 2. The number of hydrogen-bond donors (Lipinski definition) is 1. The van der Waals surface area contributed by atoms with Crippen LogP contribution in [0.5, 0.6) is 0 Å². The normalized spacial score (nSPS) is 10.7. The van der Waals surface area contributed by atoms with Crippen LogP contribution in [0.2, 0.25) is 0 Å². The number of nitro benzene ring substituents is 1. The average molecular weight is 384 g/mol. The number of nitro groups is 1. The number of hydrogen-bond acceptors (Lipinski definition) is 4. The number of nitrogens with zero attached hydrogens (tertiary/aromatic N) is 3. The first-order chi connectivity index (χ1) is 14.0. The molecule has 0 atom stereocenters. The van der Waals surface area contributed by atoms with E-state index < -0.39 is 4.92 Å². The lowest BCUT2D eigenvalue weighted by Gasteiger charge is -2.18. The molecule has 0 aliphatic heterocycles. The van der Waals surface area contributed by atoms with Crippen molar-refractivity contribution in [3.63, 3.8) is 0 Å². The zero-order chi connectivity index (χ0) is 20.4. The highest BCUT2D eigenvalue weighted by molar-refractivity contribution is 5.80. The summed E-state index contributed by atoms with van der Waals surface area (Å²) in [4.78, 5) is 20.9. The summed E-state index contributed by atoms with van der Waals surface area (Å²) in [5.74, 6) is 1.50. The minimum absolute atomic E-state index is 0.0602. The van der Waals surface area contributed by atoms with Gasteiger partial charge in [0.2, 0.25) is 0 Å². The van der Waals surface area contributed by atoms with E-state index in [1.54, 1.807) is 12.1 Å². The summed E-state index contributed by atoms with van der Waals surface area (Å²) in [6.07, 6.45) is 0. The first-order valence-electron chi connectivity index (χ1n) is 9.23. The molecule has 0 radical (unpaired) electrons. The summed E-state index contributed by atoms with van der Waals surface area (Å²) in [5.41, 5.74) is 4.85. The molecule has 1 N–H and O–H groups in total. The SMILES string of the molecule is Cc1ccc(-c2nc(N(C)c3ccccc3)c(-c3ccc([N+](=O)[O-])cc3)[nH]2)cc1. The maximum absolute atomic E-state index is 11.0. The van der Waals surface area contributed by atoms with Crippen molar-refractivity contribution in [2.75, 3.05) is 11.9 Å². The second kappa shape index (κ2) is 7.59. The molecule has 6 nitrogen and oxygen atoms in total. The van der Waals surface area contributed by atoms with Crippen molar-refractivity contribution in [2.24, 2.45) is 0 Å². The zero-order valence-electron chi connectivity index (χ0n) is 16.2. The Morgan fingerprint density at radius 3 is 2.14 bits per heavy atom. The molecule has 144 valence electrons. The maximum atomic E-state index is 11.0. The van der Waals surface area contributed by atoms with Gasteiger partial charge in [0.25, 0.3) is 5.69 Å². The quantitative estimate of drug-likeness (QED) is 0.352. The molecule has 4 aromatic rings. The lowest BCUT2D eigenvalue weighted by molar-refractivity contribution is -0.384. The zero-order valence-corrected chi connectivity index (χ0v) is 16.2. The molecule has 0 fully saturated rings. The van der Waals surface area contributed by atoms with Gasteiger partial charge in [-0.3, -0.25) is 10.1 Å².